The smallest absolute Gasteiger partial charge is 0.349 e. The van der Waals surface area contributed by atoms with E-state index in [0.29, 0.717) is 5.56 Å². The third-order valence-corrected chi connectivity index (χ3v) is 2.53. The van der Waals surface area contributed by atoms with Crippen molar-refractivity contribution in [2.45, 2.75) is 13.3 Å². The van der Waals surface area contributed by atoms with Gasteiger partial charge in [-0.25, -0.2) is 13.6 Å². The summed E-state index contributed by atoms with van der Waals surface area (Å²) in [5, 5.41) is 10.2. The predicted molar refractivity (Wildman–Crippen MR) is 47.5 cm³/mol. The second kappa shape index (κ2) is 4.36. The summed E-state index contributed by atoms with van der Waals surface area (Å²) in [5.74, 6) is -1.12. The normalized spacial score (nSPS) is 10.6. The molecule has 78 valence electrons. The lowest BCUT2D eigenvalue weighted by atomic mass is 10.3. The Morgan fingerprint density at radius 1 is 1.71 bits per heavy atom. The molecule has 0 aliphatic rings. The summed E-state index contributed by atoms with van der Waals surface area (Å²) < 4.78 is 28.4. The number of hydrogen-bond acceptors (Lipinski definition) is 3. The van der Waals surface area contributed by atoms with Crippen LogP contribution in [0.4, 0.5) is 8.78 Å². The number of carboxylic acids is 1. The first-order valence-electron chi connectivity index (χ1n) is 3.74. The lowest BCUT2D eigenvalue weighted by molar-refractivity contribution is 0.0670. The van der Waals surface area contributed by atoms with E-state index in [2.05, 4.69) is 0 Å². The number of halogens is 2. The monoisotopic (exact) mass is 222 g/mol. The number of aryl methyl sites for hydroxylation is 1. The van der Waals surface area contributed by atoms with Crippen LogP contribution in [0, 0.1) is 6.92 Å². The molecule has 0 aliphatic carbocycles. The summed E-state index contributed by atoms with van der Waals surface area (Å²) in [6.07, 6.45) is -2.60. The summed E-state index contributed by atoms with van der Waals surface area (Å²) >= 11 is 0.966. The van der Waals surface area contributed by atoms with Crippen molar-refractivity contribution in [3.63, 3.8) is 0 Å². The second-order valence-electron chi connectivity index (χ2n) is 2.58. The zero-order valence-electron chi connectivity index (χ0n) is 7.29. The van der Waals surface area contributed by atoms with Crippen molar-refractivity contribution in [3.05, 3.63) is 15.8 Å². The molecule has 0 radical (unpaired) electrons. The average molecular weight is 222 g/mol. The SMILES string of the molecule is Cc1csc(C(=O)O)c1OCC(F)F. The van der Waals surface area contributed by atoms with Crippen molar-refractivity contribution in [2.24, 2.45) is 0 Å². The molecule has 0 aromatic carbocycles. The van der Waals surface area contributed by atoms with Crippen LogP contribution >= 0.6 is 11.3 Å². The maximum absolute atomic E-state index is 11.8. The topological polar surface area (TPSA) is 46.5 Å². The van der Waals surface area contributed by atoms with E-state index in [0.717, 1.165) is 11.3 Å². The molecule has 0 bridgehead atoms. The zero-order chi connectivity index (χ0) is 10.7. The number of hydrogen-bond donors (Lipinski definition) is 1. The first-order chi connectivity index (χ1) is 6.52. The highest BCUT2D eigenvalue weighted by atomic mass is 32.1. The summed E-state index contributed by atoms with van der Waals surface area (Å²) in [5.41, 5.74) is 0.563. The van der Waals surface area contributed by atoms with Gasteiger partial charge >= 0.3 is 5.97 Å². The van der Waals surface area contributed by atoms with Gasteiger partial charge in [0.1, 0.15) is 12.4 Å². The van der Waals surface area contributed by atoms with Gasteiger partial charge < -0.3 is 9.84 Å². The van der Waals surface area contributed by atoms with Crippen molar-refractivity contribution >= 4 is 17.3 Å². The molecular weight excluding hydrogens is 214 g/mol. The molecule has 0 aliphatic heterocycles. The van der Waals surface area contributed by atoms with E-state index in [1.54, 1.807) is 12.3 Å². The number of alkyl halides is 2. The van der Waals surface area contributed by atoms with E-state index in [9.17, 15) is 13.6 Å². The van der Waals surface area contributed by atoms with Gasteiger partial charge in [-0.15, -0.1) is 11.3 Å². The molecule has 1 rings (SSSR count). The molecule has 0 saturated carbocycles. The van der Waals surface area contributed by atoms with Crippen molar-refractivity contribution in [2.75, 3.05) is 6.61 Å². The molecule has 1 heterocycles. The largest absolute Gasteiger partial charge is 0.486 e. The number of aromatic carboxylic acids is 1. The van der Waals surface area contributed by atoms with Crippen LogP contribution in [-0.2, 0) is 0 Å². The molecule has 0 fully saturated rings. The quantitative estimate of drug-likeness (QED) is 0.850. The van der Waals surface area contributed by atoms with Gasteiger partial charge in [0.2, 0.25) is 0 Å². The minimum Gasteiger partial charge on any atom is -0.486 e. The van der Waals surface area contributed by atoms with Gasteiger partial charge in [0.05, 0.1) is 0 Å². The number of carboxylic acid groups (broad SMARTS) is 1. The van der Waals surface area contributed by atoms with Crippen LogP contribution in [0.5, 0.6) is 5.75 Å². The minimum atomic E-state index is -2.60. The van der Waals surface area contributed by atoms with Gasteiger partial charge in [0.25, 0.3) is 6.43 Å². The maximum Gasteiger partial charge on any atom is 0.349 e. The first kappa shape index (κ1) is 10.9. The van der Waals surface area contributed by atoms with Crippen molar-refractivity contribution < 1.29 is 23.4 Å². The van der Waals surface area contributed by atoms with Crippen LogP contribution in [0.15, 0.2) is 5.38 Å². The molecule has 0 amide bonds. The second-order valence-corrected chi connectivity index (χ2v) is 3.46. The van der Waals surface area contributed by atoms with E-state index >= 15 is 0 Å². The standard InChI is InChI=1S/C8H8F2O3S/c1-4-3-14-7(8(11)12)6(4)13-2-5(9)10/h3,5H,2H2,1H3,(H,11,12). The molecule has 0 saturated heterocycles. The van der Waals surface area contributed by atoms with E-state index in [4.69, 9.17) is 9.84 Å². The zero-order valence-corrected chi connectivity index (χ0v) is 8.11. The number of ether oxygens (including phenoxy) is 1. The Kier molecular flexibility index (Phi) is 3.40. The third-order valence-electron chi connectivity index (χ3n) is 1.47. The molecule has 6 heteroatoms. The summed E-state index contributed by atoms with van der Waals surface area (Å²) in [6, 6.07) is 0. The van der Waals surface area contributed by atoms with Crippen LogP contribution in [0.2, 0.25) is 0 Å². The summed E-state index contributed by atoms with van der Waals surface area (Å²) in [4.78, 5) is 10.6. The number of rotatable bonds is 4. The fourth-order valence-corrected chi connectivity index (χ4v) is 1.74. The highest BCUT2D eigenvalue weighted by Gasteiger charge is 2.17. The molecule has 1 aromatic rings. The van der Waals surface area contributed by atoms with Gasteiger partial charge in [-0.1, -0.05) is 0 Å². The van der Waals surface area contributed by atoms with Crippen molar-refractivity contribution in [1.82, 2.24) is 0 Å². The Hall–Kier alpha value is -1.17. The Morgan fingerprint density at radius 3 is 2.86 bits per heavy atom. The van der Waals surface area contributed by atoms with E-state index < -0.39 is 19.0 Å². The maximum atomic E-state index is 11.8. The predicted octanol–water partition coefficient (Wildman–Crippen LogP) is 2.40. The van der Waals surface area contributed by atoms with Crippen LogP contribution < -0.4 is 4.74 Å². The van der Waals surface area contributed by atoms with Crippen LogP contribution in [0.1, 0.15) is 15.2 Å². The lowest BCUT2D eigenvalue weighted by Gasteiger charge is -2.05. The Bertz CT molecular complexity index is 335. The first-order valence-corrected chi connectivity index (χ1v) is 4.62. The molecule has 1 aromatic heterocycles. The van der Waals surface area contributed by atoms with E-state index in [-0.39, 0.29) is 10.6 Å². The average Bonchev–Trinajstić information content (AvgIpc) is 2.43. The van der Waals surface area contributed by atoms with Crippen LogP contribution in [0.25, 0.3) is 0 Å². The molecular formula is C8H8F2O3S. The van der Waals surface area contributed by atoms with Crippen molar-refractivity contribution in [3.8, 4) is 5.75 Å². The minimum absolute atomic E-state index is 0.0387. The van der Waals surface area contributed by atoms with Gasteiger partial charge in [-0.05, 0) is 12.3 Å². The Balaban J connectivity index is 2.83. The van der Waals surface area contributed by atoms with Gasteiger partial charge in [-0.2, -0.15) is 0 Å². The van der Waals surface area contributed by atoms with Gasteiger partial charge in [0, 0.05) is 5.56 Å². The summed E-state index contributed by atoms with van der Waals surface area (Å²) in [6.45, 7) is 0.835. The third kappa shape index (κ3) is 2.41. The lowest BCUT2D eigenvalue weighted by Crippen LogP contribution is -2.09. The Labute approximate surface area is 82.9 Å². The fraction of sp³-hybridized carbons (Fsp3) is 0.375. The molecule has 1 N–H and O–H groups in total. The highest BCUT2D eigenvalue weighted by Crippen LogP contribution is 2.30. The van der Waals surface area contributed by atoms with Gasteiger partial charge in [-0.3, -0.25) is 0 Å². The molecule has 14 heavy (non-hydrogen) atoms. The molecule has 3 nitrogen and oxygen atoms in total. The number of carbonyl (C=O) groups is 1. The molecule has 0 unspecified atom stereocenters. The molecule has 0 spiro atoms. The van der Waals surface area contributed by atoms with Crippen molar-refractivity contribution in [1.29, 1.82) is 0 Å². The summed E-state index contributed by atoms with van der Waals surface area (Å²) in [7, 11) is 0. The van der Waals surface area contributed by atoms with Crippen LogP contribution in [0.3, 0.4) is 0 Å². The molecule has 0 atom stereocenters. The highest BCUT2D eigenvalue weighted by molar-refractivity contribution is 7.12. The van der Waals surface area contributed by atoms with E-state index in [1.807, 2.05) is 0 Å². The van der Waals surface area contributed by atoms with Gasteiger partial charge in [0.15, 0.2) is 4.88 Å². The Morgan fingerprint density at radius 2 is 2.36 bits per heavy atom. The fourth-order valence-electron chi connectivity index (χ4n) is 0.907. The number of thiophene rings is 1. The van der Waals surface area contributed by atoms with Crippen LogP contribution in [-0.4, -0.2) is 24.1 Å². The van der Waals surface area contributed by atoms with E-state index in [1.165, 1.54) is 0 Å².